The zero-order valence-corrected chi connectivity index (χ0v) is 18.8. The minimum atomic E-state index is -0.114. The van der Waals surface area contributed by atoms with Gasteiger partial charge in [-0.05, 0) is 55.9 Å². The normalized spacial score (nSPS) is 20.9. The van der Waals surface area contributed by atoms with Crippen LogP contribution >= 0.6 is 24.0 Å². The van der Waals surface area contributed by atoms with Crippen molar-refractivity contribution in [3.05, 3.63) is 34.7 Å². The number of hydrogen-bond acceptors (Lipinski definition) is 6. The average Bonchev–Trinajstić information content (AvgIpc) is 3.01. The molecular weight excluding hydrogens is 420 g/mol. The lowest BCUT2D eigenvalue weighted by Gasteiger charge is -2.35. The number of amides is 2. The molecule has 2 fully saturated rings. The quantitative estimate of drug-likeness (QED) is 0.485. The Labute approximate surface area is 187 Å². The number of carbonyl (C=O) groups is 2. The molecule has 1 aromatic rings. The number of rotatable bonds is 8. The third-order valence-electron chi connectivity index (χ3n) is 5.45. The van der Waals surface area contributed by atoms with E-state index in [4.69, 9.17) is 17.0 Å². The molecule has 2 aliphatic rings. The van der Waals surface area contributed by atoms with Gasteiger partial charge in [0.2, 0.25) is 5.91 Å². The molecule has 0 spiro atoms. The van der Waals surface area contributed by atoms with Crippen molar-refractivity contribution in [3.8, 4) is 5.75 Å². The zero-order valence-electron chi connectivity index (χ0n) is 17.2. The molecular formula is C22H28N2O4S2. The molecule has 0 unspecified atom stereocenters. The van der Waals surface area contributed by atoms with Crippen LogP contribution in [0.25, 0.3) is 6.08 Å². The van der Waals surface area contributed by atoms with Gasteiger partial charge in [-0.15, -0.1) is 0 Å². The van der Waals surface area contributed by atoms with E-state index in [-0.39, 0.29) is 24.5 Å². The summed E-state index contributed by atoms with van der Waals surface area (Å²) in [6, 6.07) is 7.65. The monoisotopic (exact) mass is 448 g/mol. The van der Waals surface area contributed by atoms with Gasteiger partial charge in [-0.2, -0.15) is 0 Å². The van der Waals surface area contributed by atoms with Crippen molar-refractivity contribution in [2.75, 3.05) is 26.8 Å². The molecule has 1 atom stereocenters. The fourth-order valence-electron chi connectivity index (χ4n) is 3.89. The third-order valence-corrected chi connectivity index (χ3v) is 6.83. The van der Waals surface area contributed by atoms with Gasteiger partial charge in [0.05, 0.1) is 12.0 Å². The first-order chi connectivity index (χ1) is 14.5. The summed E-state index contributed by atoms with van der Waals surface area (Å²) in [6.07, 6.45) is 6.47. The summed E-state index contributed by atoms with van der Waals surface area (Å²) in [7, 11) is 1.61. The highest BCUT2D eigenvalue weighted by Gasteiger charge is 2.32. The maximum atomic E-state index is 12.8. The molecule has 2 saturated heterocycles. The van der Waals surface area contributed by atoms with E-state index in [0.29, 0.717) is 35.0 Å². The third kappa shape index (κ3) is 5.62. The lowest BCUT2D eigenvalue weighted by atomic mass is 9.99. The lowest BCUT2D eigenvalue weighted by molar-refractivity contribution is -0.135. The highest BCUT2D eigenvalue weighted by molar-refractivity contribution is 8.26. The van der Waals surface area contributed by atoms with Gasteiger partial charge in [0, 0.05) is 32.2 Å². The highest BCUT2D eigenvalue weighted by atomic mass is 32.2. The Balaban J connectivity index is 1.55. The molecule has 2 amide bonds. The summed E-state index contributed by atoms with van der Waals surface area (Å²) in [5, 5.41) is 9.24. The Bertz CT molecular complexity index is 825. The standard InChI is InChI=1S/C22H28N2O4S2/c1-28-18-8-4-6-16(14-18)15-19-21(27)24(22(29)30-19)12-5-9-20(26)23-11-3-2-7-17(23)10-13-25/h4,6,8,14-15,17,25H,2-3,5,7,9-13H2,1H3/b19-15-/t17-/m0/s1. The number of aliphatic hydroxyl groups excluding tert-OH is 1. The van der Waals surface area contributed by atoms with Crippen LogP contribution in [0.5, 0.6) is 5.75 Å². The first-order valence-corrected chi connectivity index (χ1v) is 11.6. The van der Waals surface area contributed by atoms with Crippen LogP contribution in [-0.4, -0.2) is 63.9 Å². The number of likely N-dealkylation sites (tertiary alicyclic amines) is 1. The van der Waals surface area contributed by atoms with Crippen LogP contribution in [0.1, 0.15) is 44.1 Å². The molecule has 6 nitrogen and oxygen atoms in total. The number of thioether (sulfide) groups is 1. The number of benzene rings is 1. The number of ether oxygens (including phenoxy) is 1. The number of thiocarbonyl (C=S) groups is 1. The van der Waals surface area contributed by atoms with E-state index >= 15 is 0 Å². The van der Waals surface area contributed by atoms with E-state index < -0.39 is 0 Å². The second-order valence-electron chi connectivity index (χ2n) is 7.46. The number of methoxy groups -OCH3 is 1. The van der Waals surface area contributed by atoms with Gasteiger partial charge < -0.3 is 14.7 Å². The van der Waals surface area contributed by atoms with Crippen molar-refractivity contribution in [2.45, 2.75) is 44.6 Å². The van der Waals surface area contributed by atoms with E-state index in [9.17, 15) is 14.7 Å². The van der Waals surface area contributed by atoms with E-state index in [1.165, 1.54) is 11.8 Å². The Hall–Kier alpha value is -1.90. The van der Waals surface area contributed by atoms with Crippen molar-refractivity contribution in [1.82, 2.24) is 9.80 Å². The maximum absolute atomic E-state index is 12.8. The molecule has 2 heterocycles. The fraction of sp³-hybridized carbons (Fsp3) is 0.500. The Kier molecular flexibility index (Phi) is 8.30. The molecule has 0 radical (unpaired) electrons. The minimum Gasteiger partial charge on any atom is -0.497 e. The van der Waals surface area contributed by atoms with Gasteiger partial charge >= 0.3 is 0 Å². The topological polar surface area (TPSA) is 70.1 Å². The summed E-state index contributed by atoms with van der Waals surface area (Å²) in [5.41, 5.74) is 0.880. The van der Waals surface area contributed by atoms with Gasteiger partial charge in [-0.1, -0.05) is 36.1 Å². The summed E-state index contributed by atoms with van der Waals surface area (Å²) in [5.74, 6) is 0.719. The number of nitrogens with zero attached hydrogens (tertiary/aromatic N) is 2. The van der Waals surface area contributed by atoms with Crippen LogP contribution in [0.2, 0.25) is 0 Å². The van der Waals surface area contributed by atoms with Crippen molar-refractivity contribution >= 4 is 46.2 Å². The molecule has 3 rings (SSSR count). The van der Waals surface area contributed by atoms with E-state index in [0.717, 1.165) is 37.1 Å². The first-order valence-electron chi connectivity index (χ1n) is 10.3. The summed E-state index contributed by atoms with van der Waals surface area (Å²) < 4.78 is 5.76. The van der Waals surface area contributed by atoms with E-state index in [1.54, 1.807) is 12.0 Å². The molecule has 2 aliphatic heterocycles. The van der Waals surface area contributed by atoms with Gasteiger partial charge in [0.1, 0.15) is 10.1 Å². The molecule has 1 aromatic carbocycles. The second kappa shape index (κ2) is 10.9. The van der Waals surface area contributed by atoms with E-state index in [1.807, 2.05) is 35.2 Å². The van der Waals surface area contributed by atoms with Crippen molar-refractivity contribution in [3.63, 3.8) is 0 Å². The van der Waals surface area contributed by atoms with Crippen LogP contribution in [0.15, 0.2) is 29.2 Å². The molecule has 8 heteroatoms. The van der Waals surface area contributed by atoms with Crippen molar-refractivity contribution in [2.24, 2.45) is 0 Å². The van der Waals surface area contributed by atoms with Crippen LogP contribution in [0.4, 0.5) is 0 Å². The van der Waals surface area contributed by atoms with Crippen molar-refractivity contribution in [1.29, 1.82) is 0 Å². The van der Waals surface area contributed by atoms with Crippen molar-refractivity contribution < 1.29 is 19.4 Å². The summed E-state index contributed by atoms with van der Waals surface area (Å²) in [6.45, 7) is 1.29. The molecule has 1 N–H and O–H groups in total. The number of aliphatic hydroxyl groups is 1. The molecule has 0 saturated carbocycles. The highest BCUT2D eigenvalue weighted by Crippen LogP contribution is 2.33. The second-order valence-corrected chi connectivity index (χ2v) is 9.14. The molecule has 0 aromatic heterocycles. The predicted octanol–water partition coefficient (Wildman–Crippen LogP) is 3.44. The smallest absolute Gasteiger partial charge is 0.266 e. The maximum Gasteiger partial charge on any atom is 0.266 e. The molecule has 30 heavy (non-hydrogen) atoms. The van der Waals surface area contributed by atoms with Crippen LogP contribution < -0.4 is 4.74 Å². The summed E-state index contributed by atoms with van der Waals surface area (Å²) >= 11 is 6.69. The number of piperidine rings is 1. The SMILES string of the molecule is COc1cccc(/C=C2\SC(=S)N(CCCC(=O)N3CCCC[C@H]3CCO)C2=O)c1. The lowest BCUT2D eigenvalue weighted by Crippen LogP contribution is -2.44. The molecule has 0 aliphatic carbocycles. The van der Waals surface area contributed by atoms with Crippen LogP contribution in [0.3, 0.4) is 0 Å². The minimum absolute atomic E-state index is 0.102. The average molecular weight is 449 g/mol. The van der Waals surface area contributed by atoms with E-state index in [2.05, 4.69) is 0 Å². The fourth-order valence-corrected chi connectivity index (χ4v) is 5.19. The largest absolute Gasteiger partial charge is 0.497 e. The number of carbonyl (C=O) groups excluding carboxylic acids is 2. The molecule has 0 bridgehead atoms. The number of hydrogen-bond donors (Lipinski definition) is 1. The van der Waals surface area contributed by atoms with Crippen LogP contribution in [-0.2, 0) is 9.59 Å². The predicted molar refractivity (Wildman–Crippen MR) is 123 cm³/mol. The first kappa shape index (κ1) is 22.8. The van der Waals surface area contributed by atoms with Gasteiger partial charge in [-0.3, -0.25) is 14.5 Å². The Morgan fingerprint density at radius 3 is 3.00 bits per heavy atom. The Morgan fingerprint density at radius 1 is 1.40 bits per heavy atom. The van der Waals surface area contributed by atoms with Gasteiger partial charge in [0.25, 0.3) is 5.91 Å². The molecule has 162 valence electrons. The summed E-state index contributed by atoms with van der Waals surface area (Å²) in [4.78, 5) is 29.5. The Morgan fingerprint density at radius 2 is 2.23 bits per heavy atom. The van der Waals surface area contributed by atoms with Gasteiger partial charge in [0.15, 0.2) is 0 Å². The zero-order chi connectivity index (χ0) is 21.5. The van der Waals surface area contributed by atoms with Crippen LogP contribution in [0, 0.1) is 0 Å². The van der Waals surface area contributed by atoms with Gasteiger partial charge in [-0.25, -0.2) is 0 Å².